The lowest BCUT2D eigenvalue weighted by atomic mass is 10.0. The molecule has 1 aromatic heterocycles. The van der Waals surface area contributed by atoms with Gasteiger partial charge in [-0.3, -0.25) is 4.79 Å². The molecule has 2 heterocycles. The Kier molecular flexibility index (Phi) is 3.13. The first kappa shape index (κ1) is 14.4. The highest BCUT2D eigenvalue weighted by Crippen LogP contribution is 2.31. The average molecular weight is 325 g/mol. The monoisotopic (exact) mass is 325 g/mol. The summed E-state index contributed by atoms with van der Waals surface area (Å²) in [5.41, 5.74) is 6.39. The molecule has 0 bridgehead atoms. The second kappa shape index (κ2) is 5.19. The summed E-state index contributed by atoms with van der Waals surface area (Å²) in [5, 5.41) is 0.301. The molecule has 4 rings (SSSR count). The second-order valence-corrected chi connectivity index (χ2v) is 5.60. The summed E-state index contributed by atoms with van der Waals surface area (Å²) >= 11 is 0. The number of carbonyl (C=O) groups excluding carboxylic acids is 1. The van der Waals surface area contributed by atoms with Crippen molar-refractivity contribution >= 4 is 16.9 Å². The molecular weight excluding hydrogens is 313 g/mol. The third-order valence-electron chi connectivity index (χ3n) is 4.06. The summed E-state index contributed by atoms with van der Waals surface area (Å²) in [6, 6.07) is 9.06. The summed E-state index contributed by atoms with van der Waals surface area (Å²) in [5.74, 6) is -0.686. The molecule has 0 saturated carbocycles. The molecule has 2 N–H and O–H groups in total. The zero-order valence-electron chi connectivity index (χ0n) is 12.5. The first-order valence-corrected chi connectivity index (χ1v) is 7.36. The van der Waals surface area contributed by atoms with Crippen LogP contribution in [0.3, 0.4) is 0 Å². The highest BCUT2D eigenvalue weighted by molar-refractivity contribution is 6.04. The van der Waals surface area contributed by atoms with Gasteiger partial charge in [-0.25, -0.2) is 9.18 Å². The molecule has 0 radical (unpaired) electrons. The van der Waals surface area contributed by atoms with E-state index in [4.69, 9.17) is 14.9 Å². The SMILES string of the molecule is NC(=O)c1cc(F)cc2cc(-c3ccc4c(c3)CCO4)c(=O)oc12. The van der Waals surface area contributed by atoms with Crippen molar-refractivity contribution < 1.29 is 18.3 Å². The van der Waals surface area contributed by atoms with E-state index in [2.05, 4.69) is 0 Å². The van der Waals surface area contributed by atoms with Gasteiger partial charge in [0.15, 0.2) is 5.58 Å². The van der Waals surface area contributed by atoms with Crippen LogP contribution >= 0.6 is 0 Å². The van der Waals surface area contributed by atoms with Crippen LogP contribution in [0.2, 0.25) is 0 Å². The molecular formula is C18H12FNO4. The van der Waals surface area contributed by atoms with Crippen LogP contribution in [0.5, 0.6) is 5.75 Å². The van der Waals surface area contributed by atoms with E-state index in [1.807, 2.05) is 6.07 Å². The first-order valence-electron chi connectivity index (χ1n) is 7.36. The fourth-order valence-corrected chi connectivity index (χ4v) is 2.94. The van der Waals surface area contributed by atoms with Gasteiger partial charge in [-0.15, -0.1) is 0 Å². The standard InChI is InChI=1S/C18H12FNO4/c19-12-6-11-7-13(9-1-2-15-10(5-9)3-4-23-15)18(22)24-16(11)14(8-12)17(20)21/h1-2,5-8H,3-4H2,(H2,20,21). The Balaban J connectivity index is 1.96. The summed E-state index contributed by atoms with van der Waals surface area (Å²) in [4.78, 5) is 23.8. The lowest BCUT2D eigenvalue weighted by molar-refractivity contribution is 0.100. The molecule has 2 aromatic carbocycles. The van der Waals surface area contributed by atoms with Gasteiger partial charge in [-0.1, -0.05) is 6.07 Å². The van der Waals surface area contributed by atoms with Gasteiger partial charge in [-0.05, 0) is 41.5 Å². The van der Waals surface area contributed by atoms with E-state index in [-0.39, 0.29) is 11.1 Å². The van der Waals surface area contributed by atoms with Gasteiger partial charge in [0.2, 0.25) is 0 Å². The Morgan fingerprint density at radius 3 is 2.79 bits per heavy atom. The molecule has 0 saturated heterocycles. The maximum Gasteiger partial charge on any atom is 0.344 e. The van der Waals surface area contributed by atoms with Crippen LogP contribution in [-0.4, -0.2) is 12.5 Å². The highest BCUT2D eigenvalue weighted by atomic mass is 19.1. The number of fused-ring (bicyclic) bond motifs is 2. The van der Waals surface area contributed by atoms with Gasteiger partial charge in [0.25, 0.3) is 5.91 Å². The minimum absolute atomic E-state index is 0.0119. The molecule has 5 nitrogen and oxygen atoms in total. The van der Waals surface area contributed by atoms with Crippen molar-refractivity contribution in [2.75, 3.05) is 6.61 Å². The number of primary amides is 1. The third kappa shape index (κ3) is 2.23. The Hall–Kier alpha value is -3.15. The summed E-state index contributed by atoms with van der Waals surface area (Å²) in [6.07, 6.45) is 0.766. The van der Waals surface area contributed by atoms with E-state index in [0.717, 1.165) is 23.8 Å². The molecule has 1 amide bonds. The summed E-state index contributed by atoms with van der Waals surface area (Å²) in [6.45, 7) is 0.609. The largest absolute Gasteiger partial charge is 0.493 e. The molecule has 0 aliphatic carbocycles. The third-order valence-corrected chi connectivity index (χ3v) is 4.06. The van der Waals surface area contributed by atoms with Crippen LogP contribution in [0.15, 0.2) is 45.6 Å². The lowest BCUT2D eigenvalue weighted by Gasteiger charge is -2.07. The number of hydrogen-bond acceptors (Lipinski definition) is 4. The zero-order chi connectivity index (χ0) is 16.8. The van der Waals surface area contributed by atoms with Crippen molar-refractivity contribution in [3.63, 3.8) is 0 Å². The van der Waals surface area contributed by atoms with E-state index >= 15 is 0 Å². The molecule has 0 unspecified atom stereocenters. The van der Waals surface area contributed by atoms with Crippen LogP contribution in [0, 0.1) is 5.82 Å². The van der Waals surface area contributed by atoms with Crippen LogP contribution < -0.4 is 16.1 Å². The molecule has 24 heavy (non-hydrogen) atoms. The van der Waals surface area contributed by atoms with Crippen molar-refractivity contribution in [1.82, 2.24) is 0 Å². The molecule has 1 aliphatic heterocycles. The Morgan fingerprint density at radius 2 is 2.00 bits per heavy atom. The number of hydrogen-bond donors (Lipinski definition) is 1. The van der Waals surface area contributed by atoms with Gasteiger partial charge in [-0.2, -0.15) is 0 Å². The molecule has 3 aromatic rings. The van der Waals surface area contributed by atoms with Gasteiger partial charge in [0, 0.05) is 11.8 Å². The van der Waals surface area contributed by atoms with Crippen molar-refractivity contribution in [3.05, 3.63) is 63.8 Å². The predicted molar refractivity (Wildman–Crippen MR) is 85.6 cm³/mol. The van der Waals surface area contributed by atoms with Crippen molar-refractivity contribution in [2.24, 2.45) is 5.73 Å². The normalized spacial score (nSPS) is 12.9. The van der Waals surface area contributed by atoms with E-state index in [1.165, 1.54) is 12.1 Å². The minimum atomic E-state index is -0.856. The molecule has 1 aliphatic rings. The fraction of sp³-hybridized carbons (Fsp3) is 0.111. The van der Waals surface area contributed by atoms with Gasteiger partial charge >= 0.3 is 5.63 Å². The fourth-order valence-electron chi connectivity index (χ4n) is 2.94. The number of benzene rings is 2. The Bertz CT molecular complexity index is 1050. The van der Waals surface area contributed by atoms with E-state index in [9.17, 15) is 14.0 Å². The maximum absolute atomic E-state index is 13.7. The van der Waals surface area contributed by atoms with E-state index in [0.29, 0.717) is 23.1 Å². The lowest BCUT2D eigenvalue weighted by Crippen LogP contribution is -2.13. The Labute approximate surface area is 135 Å². The number of rotatable bonds is 2. The van der Waals surface area contributed by atoms with Crippen molar-refractivity contribution in [1.29, 1.82) is 0 Å². The van der Waals surface area contributed by atoms with Crippen LogP contribution in [-0.2, 0) is 6.42 Å². The molecule has 120 valence electrons. The molecule has 0 atom stereocenters. The summed E-state index contributed by atoms with van der Waals surface area (Å²) < 4.78 is 24.4. The maximum atomic E-state index is 13.7. The smallest absolute Gasteiger partial charge is 0.344 e. The van der Waals surface area contributed by atoms with Crippen LogP contribution in [0.1, 0.15) is 15.9 Å². The Morgan fingerprint density at radius 1 is 1.17 bits per heavy atom. The minimum Gasteiger partial charge on any atom is -0.493 e. The quantitative estimate of drug-likeness (QED) is 0.734. The summed E-state index contributed by atoms with van der Waals surface area (Å²) in [7, 11) is 0. The van der Waals surface area contributed by atoms with Gasteiger partial charge < -0.3 is 14.9 Å². The number of nitrogens with two attached hydrogens (primary N) is 1. The van der Waals surface area contributed by atoms with Crippen LogP contribution in [0.4, 0.5) is 4.39 Å². The number of ether oxygens (including phenoxy) is 1. The van der Waals surface area contributed by atoms with Crippen molar-refractivity contribution in [3.8, 4) is 16.9 Å². The molecule has 6 heteroatoms. The predicted octanol–water partition coefficient (Wildman–Crippen LogP) is 2.63. The number of carbonyl (C=O) groups is 1. The van der Waals surface area contributed by atoms with Crippen molar-refractivity contribution in [2.45, 2.75) is 6.42 Å². The van der Waals surface area contributed by atoms with Gasteiger partial charge in [0.05, 0.1) is 17.7 Å². The highest BCUT2D eigenvalue weighted by Gasteiger charge is 2.17. The number of amides is 1. The first-order chi connectivity index (χ1) is 11.5. The van der Waals surface area contributed by atoms with Crippen LogP contribution in [0.25, 0.3) is 22.1 Å². The number of halogens is 1. The zero-order valence-corrected chi connectivity index (χ0v) is 12.5. The molecule has 0 fully saturated rings. The van der Waals surface area contributed by atoms with E-state index in [1.54, 1.807) is 12.1 Å². The molecule has 0 spiro atoms. The van der Waals surface area contributed by atoms with Gasteiger partial charge in [0.1, 0.15) is 11.6 Å². The second-order valence-electron chi connectivity index (χ2n) is 5.60. The van der Waals surface area contributed by atoms with E-state index < -0.39 is 17.3 Å². The topological polar surface area (TPSA) is 82.5 Å². The average Bonchev–Trinajstić information content (AvgIpc) is 3.01.